The highest BCUT2D eigenvalue weighted by atomic mass is 32.2. The number of hydrogen-bond donors (Lipinski definition) is 1. The number of sulfonamides is 1. The molecule has 3 aromatic rings. The third kappa shape index (κ3) is 5.22. The molecule has 1 heterocycles. The quantitative estimate of drug-likeness (QED) is 0.557. The Morgan fingerprint density at radius 2 is 1.53 bits per heavy atom. The van der Waals surface area contributed by atoms with Crippen molar-refractivity contribution >= 4 is 31.5 Å². The minimum Gasteiger partial charge on any atom is -0.326 e. The number of sulfone groups is 1. The number of rotatable bonds is 6. The molecule has 0 radical (unpaired) electrons. The summed E-state index contributed by atoms with van der Waals surface area (Å²) in [5, 5.41) is 2.86. The summed E-state index contributed by atoms with van der Waals surface area (Å²) in [6, 6.07) is 21.9. The second-order valence-electron chi connectivity index (χ2n) is 8.35. The van der Waals surface area contributed by atoms with Crippen LogP contribution in [0.25, 0.3) is 11.1 Å². The van der Waals surface area contributed by atoms with Crippen molar-refractivity contribution in [3.05, 3.63) is 78.9 Å². The molecule has 1 unspecified atom stereocenters. The lowest BCUT2D eigenvalue weighted by Gasteiger charge is -2.31. The van der Waals surface area contributed by atoms with Crippen LogP contribution in [0, 0.1) is 5.92 Å². The van der Waals surface area contributed by atoms with E-state index in [0.717, 1.165) is 6.26 Å². The Morgan fingerprint density at radius 1 is 0.882 bits per heavy atom. The molecule has 0 spiro atoms. The van der Waals surface area contributed by atoms with Gasteiger partial charge in [0.15, 0.2) is 9.84 Å². The number of benzene rings is 3. The van der Waals surface area contributed by atoms with E-state index in [1.807, 2.05) is 18.2 Å². The molecular formula is C25H26N2O5S2. The standard InChI is InChI=1S/C25H26N2O5S2/c1-33(29,30)24-12-6-5-11-23(24)19-13-15-22(16-14-19)34(31,32)27-17-7-8-20(18-27)25(28)26-21-9-3-2-4-10-21/h2-6,9-16,20H,7-8,17-18H2,1H3,(H,26,28). The van der Waals surface area contributed by atoms with Gasteiger partial charge >= 0.3 is 0 Å². The van der Waals surface area contributed by atoms with Crippen LogP contribution >= 0.6 is 0 Å². The molecule has 1 atom stereocenters. The van der Waals surface area contributed by atoms with Gasteiger partial charge in [-0.05, 0) is 48.7 Å². The molecule has 1 amide bonds. The van der Waals surface area contributed by atoms with Crippen LogP contribution < -0.4 is 5.32 Å². The first-order valence-electron chi connectivity index (χ1n) is 10.9. The zero-order chi connectivity index (χ0) is 24.3. The molecule has 4 rings (SSSR count). The lowest BCUT2D eigenvalue weighted by Crippen LogP contribution is -2.43. The number of nitrogens with zero attached hydrogens (tertiary/aromatic N) is 1. The molecule has 1 fully saturated rings. The maximum Gasteiger partial charge on any atom is 0.243 e. The van der Waals surface area contributed by atoms with E-state index >= 15 is 0 Å². The Bertz CT molecular complexity index is 1390. The maximum absolute atomic E-state index is 13.3. The molecule has 0 saturated carbocycles. The lowest BCUT2D eigenvalue weighted by molar-refractivity contribution is -0.120. The Hall–Kier alpha value is -3.01. The number of carbonyl (C=O) groups excluding carboxylic acids is 1. The summed E-state index contributed by atoms with van der Waals surface area (Å²) in [5.74, 6) is -0.636. The van der Waals surface area contributed by atoms with Crippen molar-refractivity contribution in [2.75, 3.05) is 24.7 Å². The van der Waals surface area contributed by atoms with Crippen LogP contribution in [0.4, 0.5) is 5.69 Å². The number of amides is 1. The summed E-state index contributed by atoms with van der Waals surface area (Å²) < 4.78 is 52.2. The Balaban J connectivity index is 1.53. The molecule has 1 aliphatic rings. The van der Waals surface area contributed by atoms with Crippen molar-refractivity contribution in [1.29, 1.82) is 0 Å². The Labute approximate surface area is 200 Å². The van der Waals surface area contributed by atoms with Gasteiger partial charge < -0.3 is 5.32 Å². The topological polar surface area (TPSA) is 101 Å². The zero-order valence-electron chi connectivity index (χ0n) is 18.7. The van der Waals surface area contributed by atoms with E-state index in [4.69, 9.17) is 0 Å². The maximum atomic E-state index is 13.3. The minimum absolute atomic E-state index is 0.109. The summed E-state index contributed by atoms with van der Waals surface area (Å²) in [6.07, 6.45) is 2.35. The molecule has 0 bridgehead atoms. The van der Waals surface area contributed by atoms with Crippen molar-refractivity contribution in [3.8, 4) is 11.1 Å². The number of piperidine rings is 1. The summed E-state index contributed by atoms with van der Waals surface area (Å²) in [7, 11) is -7.24. The molecule has 34 heavy (non-hydrogen) atoms. The van der Waals surface area contributed by atoms with Gasteiger partial charge in [-0.1, -0.05) is 48.5 Å². The van der Waals surface area contributed by atoms with Crippen LogP contribution in [0.15, 0.2) is 88.7 Å². The molecule has 9 heteroatoms. The first-order valence-corrected chi connectivity index (χ1v) is 14.2. The van der Waals surface area contributed by atoms with Crippen LogP contribution in [-0.2, 0) is 24.7 Å². The average molecular weight is 499 g/mol. The highest BCUT2D eigenvalue weighted by Crippen LogP contribution is 2.30. The van der Waals surface area contributed by atoms with Crippen LogP contribution in [0.2, 0.25) is 0 Å². The van der Waals surface area contributed by atoms with Gasteiger partial charge in [-0.2, -0.15) is 4.31 Å². The van der Waals surface area contributed by atoms with E-state index in [9.17, 15) is 21.6 Å². The molecule has 7 nitrogen and oxygen atoms in total. The van der Waals surface area contributed by atoms with E-state index in [-0.39, 0.29) is 22.2 Å². The van der Waals surface area contributed by atoms with Gasteiger partial charge in [0.05, 0.1) is 15.7 Å². The van der Waals surface area contributed by atoms with Crippen LogP contribution in [0.3, 0.4) is 0 Å². The molecule has 0 aliphatic carbocycles. The third-order valence-electron chi connectivity index (χ3n) is 5.89. The molecule has 1 aliphatic heterocycles. The lowest BCUT2D eigenvalue weighted by atomic mass is 9.99. The monoisotopic (exact) mass is 498 g/mol. The first-order chi connectivity index (χ1) is 16.2. The number of para-hydroxylation sites is 1. The van der Waals surface area contributed by atoms with Gasteiger partial charge in [-0.3, -0.25) is 4.79 Å². The second-order valence-corrected chi connectivity index (χ2v) is 12.3. The highest BCUT2D eigenvalue weighted by Gasteiger charge is 2.33. The Kier molecular flexibility index (Phi) is 6.88. The fourth-order valence-electron chi connectivity index (χ4n) is 4.12. The van der Waals surface area contributed by atoms with Gasteiger partial charge in [0.1, 0.15) is 0 Å². The number of nitrogens with one attached hydrogen (secondary N) is 1. The average Bonchev–Trinajstić information content (AvgIpc) is 2.84. The zero-order valence-corrected chi connectivity index (χ0v) is 20.3. The van der Waals surface area contributed by atoms with Crippen molar-refractivity contribution in [2.24, 2.45) is 5.92 Å². The van der Waals surface area contributed by atoms with Crippen LogP contribution in [0.5, 0.6) is 0 Å². The first kappa shape index (κ1) is 24.1. The van der Waals surface area contributed by atoms with E-state index in [0.29, 0.717) is 36.2 Å². The second kappa shape index (κ2) is 9.69. The molecule has 1 N–H and O–H groups in total. The summed E-state index contributed by atoms with van der Waals surface area (Å²) in [4.78, 5) is 13.0. The summed E-state index contributed by atoms with van der Waals surface area (Å²) >= 11 is 0. The number of carbonyl (C=O) groups is 1. The SMILES string of the molecule is CS(=O)(=O)c1ccccc1-c1ccc(S(=O)(=O)N2CCCC(C(=O)Nc3ccccc3)C2)cc1. The molecule has 3 aromatic carbocycles. The van der Waals surface area contributed by atoms with E-state index < -0.39 is 25.8 Å². The summed E-state index contributed by atoms with van der Waals surface area (Å²) in [6.45, 7) is 0.454. The predicted octanol–water partition coefficient (Wildman–Crippen LogP) is 3.80. The van der Waals surface area contributed by atoms with Gasteiger partial charge in [0.2, 0.25) is 15.9 Å². The Morgan fingerprint density at radius 3 is 2.21 bits per heavy atom. The molecule has 178 valence electrons. The molecule has 0 aromatic heterocycles. The smallest absolute Gasteiger partial charge is 0.243 e. The normalized spacial score (nSPS) is 17.3. The molecule has 1 saturated heterocycles. The van der Waals surface area contributed by atoms with Gasteiger partial charge in [-0.25, -0.2) is 16.8 Å². The molecular weight excluding hydrogens is 472 g/mol. The predicted molar refractivity (Wildman–Crippen MR) is 132 cm³/mol. The van der Waals surface area contributed by atoms with E-state index in [1.165, 1.54) is 22.5 Å². The van der Waals surface area contributed by atoms with Crippen LogP contribution in [0.1, 0.15) is 12.8 Å². The van der Waals surface area contributed by atoms with Crippen molar-refractivity contribution < 1.29 is 21.6 Å². The number of anilines is 1. The minimum atomic E-state index is -3.80. The van der Waals surface area contributed by atoms with Crippen molar-refractivity contribution in [1.82, 2.24) is 4.31 Å². The van der Waals surface area contributed by atoms with Crippen molar-refractivity contribution in [2.45, 2.75) is 22.6 Å². The van der Waals surface area contributed by atoms with E-state index in [2.05, 4.69) is 5.32 Å². The summed E-state index contributed by atoms with van der Waals surface area (Å²) in [5.41, 5.74) is 1.81. The van der Waals surface area contributed by atoms with E-state index in [1.54, 1.807) is 42.5 Å². The highest BCUT2D eigenvalue weighted by molar-refractivity contribution is 7.90. The van der Waals surface area contributed by atoms with Crippen LogP contribution in [-0.4, -0.2) is 46.4 Å². The number of hydrogen-bond acceptors (Lipinski definition) is 5. The third-order valence-corrected chi connectivity index (χ3v) is 8.92. The van der Waals surface area contributed by atoms with Gasteiger partial charge in [-0.15, -0.1) is 0 Å². The largest absolute Gasteiger partial charge is 0.326 e. The fraction of sp³-hybridized carbons (Fsp3) is 0.240. The van der Waals surface area contributed by atoms with Gasteiger partial charge in [0, 0.05) is 30.6 Å². The fourth-order valence-corrected chi connectivity index (χ4v) is 6.56. The van der Waals surface area contributed by atoms with Crippen molar-refractivity contribution in [3.63, 3.8) is 0 Å². The van der Waals surface area contributed by atoms with Gasteiger partial charge in [0.25, 0.3) is 0 Å².